The summed E-state index contributed by atoms with van der Waals surface area (Å²) in [6.07, 6.45) is 3.55. The molecule has 2 aromatic rings. The zero-order valence-electron chi connectivity index (χ0n) is 14.6. The summed E-state index contributed by atoms with van der Waals surface area (Å²) >= 11 is 0. The standard InChI is InChI=1S/C19H21N3O4/c1-25-14-5-2-4-12(10-14)17-11-15(21-26-17)19(24)22-9-3-6-16(22)18(23)20-13-7-8-13/h2,4-5,10-11,13,16H,3,6-9H2,1H3,(H,20,23). The number of rotatable bonds is 5. The number of hydrogen-bond acceptors (Lipinski definition) is 5. The van der Waals surface area contributed by atoms with Crippen molar-refractivity contribution in [2.75, 3.05) is 13.7 Å². The number of carbonyl (C=O) groups excluding carboxylic acids is 2. The molecule has 2 amide bonds. The summed E-state index contributed by atoms with van der Waals surface area (Å²) in [6, 6.07) is 8.84. The van der Waals surface area contributed by atoms with E-state index in [-0.39, 0.29) is 23.6 Å². The van der Waals surface area contributed by atoms with Crippen molar-refractivity contribution in [2.24, 2.45) is 0 Å². The molecule has 2 aliphatic rings. The van der Waals surface area contributed by atoms with Gasteiger partial charge in [-0.05, 0) is 37.8 Å². The van der Waals surface area contributed by atoms with Gasteiger partial charge in [-0.3, -0.25) is 9.59 Å². The van der Waals surface area contributed by atoms with E-state index in [0.29, 0.717) is 24.5 Å². The number of methoxy groups -OCH3 is 1. The second-order valence-electron chi connectivity index (χ2n) is 6.75. The fourth-order valence-corrected chi connectivity index (χ4v) is 3.24. The van der Waals surface area contributed by atoms with Crippen LogP contribution in [-0.4, -0.2) is 47.6 Å². The third kappa shape index (κ3) is 3.29. The highest BCUT2D eigenvalue weighted by Crippen LogP contribution is 2.27. The van der Waals surface area contributed by atoms with Gasteiger partial charge in [0.15, 0.2) is 11.5 Å². The molecule has 1 aromatic carbocycles. The summed E-state index contributed by atoms with van der Waals surface area (Å²) in [4.78, 5) is 26.8. The van der Waals surface area contributed by atoms with E-state index in [1.165, 1.54) is 0 Å². The summed E-state index contributed by atoms with van der Waals surface area (Å²) in [7, 11) is 1.59. The number of amides is 2. The molecule has 136 valence electrons. The highest BCUT2D eigenvalue weighted by atomic mass is 16.5. The fraction of sp³-hybridized carbons (Fsp3) is 0.421. The molecule has 7 heteroatoms. The van der Waals surface area contributed by atoms with Crippen LogP contribution >= 0.6 is 0 Å². The van der Waals surface area contributed by atoms with Crippen LogP contribution in [0.5, 0.6) is 5.75 Å². The summed E-state index contributed by atoms with van der Waals surface area (Å²) in [6.45, 7) is 0.558. The van der Waals surface area contributed by atoms with E-state index in [2.05, 4.69) is 10.5 Å². The van der Waals surface area contributed by atoms with Crippen LogP contribution < -0.4 is 10.1 Å². The summed E-state index contributed by atoms with van der Waals surface area (Å²) in [5.74, 6) is 0.861. The van der Waals surface area contributed by atoms with Gasteiger partial charge in [0.2, 0.25) is 5.91 Å². The van der Waals surface area contributed by atoms with Crippen molar-refractivity contribution in [1.29, 1.82) is 0 Å². The number of hydrogen-bond donors (Lipinski definition) is 1. The molecule has 1 saturated heterocycles. The smallest absolute Gasteiger partial charge is 0.276 e. The van der Waals surface area contributed by atoms with Crippen molar-refractivity contribution in [1.82, 2.24) is 15.4 Å². The molecule has 1 atom stereocenters. The number of nitrogens with zero attached hydrogens (tertiary/aromatic N) is 2. The summed E-state index contributed by atoms with van der Waals surface area (Å²) in [5, 5.41) is 6.91. The predicted molar refractivity (Wildman–Crippen MR) is 93.7 cm³/mol. The maximum absolute atomic E-state index is 12.8. The van der Waals surface area contributed by atoms with Crippen molar-refractivity contribution in [3.63, 3.8) is 0 Å². The Morgan fingerprint density at radius 2 is 2.12 bits per heavy atom. The molecule has 0 spiro atoms. The van der Waals surface area contributed by atoms with E-state index in [4.69, 9.17) is 9.26 Å². The maximum atomic E-state index is 12.8. The Morgan fingerprint density at radius 1 is 1.27 bits per heavy atom. The highest BCUT2D eigenvalue weighted by Gasteiger charge is 2.37. The van der Waals surface area contributed by atoms with Crippen LogP contribution in [0.15, 0.2) is 34.9 Å². The van der Waals surface area contributed by atoms with Crippen LogP contribution in [0.3, 0.4) is 0 Å². The van der Waals surface area contributed by atoms with E-state index < -0.39 is 6.04 Å². The SMILES string of the molecule is COc1cccc(-c2cc(C(=O)N3CCCC3C(=O)NC3CC3)no2)c1. The zero-order chi connectivity index (χ0) is 18.1. The van der Waals surface area contributed by atoms with Crippen LogP contribution in [0.25, 0.3) is 11.3 Å². The number of aromatic nitrogens is 1. The lowest BCUT2D eigenvalue weighted by Crippen LogP contribution is -2.46. The average Bonchev–Trinajstić information content (AvgIpc) is 3.16. The summed E-state index contributed by atoms with van der Waals surface area (Å²) in [5.41, 5.74) is 0.995. The van der Waals surface area contributed by atoms with Gasteiger partial charge in [0, 0.05) is 24.2 Å². The van der Waals surface area contributed by atoms with E-state index in [9.17, 15) is 9.59 Å². The number of likely N-dealkylation sites (tertiary alicyclic amines) is 1. The number of benzene rings is 1. The number of ether oxygens (including phenoxy) is 1. The van der Waals surface area contributed by atoms with Crippen molar-refractivity contribution in [3.8, 4) is 17.1 Å². The van der Waals surface area contributed by atoms with Gasteiger partial charge in [0.05, 0.1) is 7.11 Å². The van der Waals surface area contributed by atoms with E-state index >= 15 is 0 Å². The lowest BCUT2D eigenvalue weighted by Gasteiger charge is -2.22. The van der Waals surface area contributed by atoms with Gasteiger partial charge < -0.3 is 19.5 Å². The van der Waals surface area contributed by atoms with Gasteiger partial charge >= 0.3 is 0 Å². The first kappa shape index (κ1) is 16.6. The molecule has 0 bridgehead atoms. The maximum Gasteiger partial charge on any atom is 0.276 e. The zero-order valence-corrected chi connectivity index (χ0v) is 14.6. The molecule has 0 radical (unpaired) electrons. The fourth-order valence-electron chi connectivity index (χ4n) is 3.24. The van der Waals surface area contributed by atoms with Crippen molar-refractivity contribution >= 4 is 11.8 Å². The third-order valence-electron chi connectivity index (χ3n) is 4.82. The van der Waals surface area contributed by atoms with Crippen LogP contribution in [-0.2, 0) is 4.79 Å². The lowest BCUT2D eigenvalue weighted by molar-refractivity contribution is -0.125. The predicted octanol–water partition coefficient (Wildman–Crippen LogP) is 2.23. The second-order valence-corrected chi connectivity index (χ2v) is 6.75. The molecule has 1 unspecified atom stereocenters. The minimum atomic E-state index is -0.417. The first-order valence-electron chi connectivity index (χ1n) is 8.88. The van der Waals surface area contributed by atoms with Crippen LogP contribution in [0.1, 0.15) is 36.2 Å². The number of carbonyl (C=O) groups is 2. The monoisotopic (exact) mass is 355 g/mol. The van der Waals surface area contributed by atoms with Gasteiger partial charge in [-0.2, -0.15) is 0 Å². The normalized spacial score (nSPS) is 19.4. The second kappa shape index (κ2) is 6.82. The Balaban J connectivity index is 1.50. The Bertz CT molecular complexity index is 828. The molecule has 1 aliphatic heterocycles. The molecule has 2 fully saturated rings. The summed E-state index contributed by atoms with van der Waals surface area (Å²) < 4.78 is 10.6. The minimum absolute atomic E-state index is 0.0603. The lowest BCUT2D eigenvalue weighted by atomic mass is 10.1. The molecule has 2 heterocycles. The Morgan fingerprint density at radius 3 is 2.88 bits per heavy atom. The molecule has 7 nitrogen and oxygen atoms in total. The van der Waals surface area contributed by atoms with Gasteiger partial charge in [-0.25, -0.2) is 0 Å². The van der Waals surface area contributed by atoms with Crippen molar-refractivity contribution < 1.29 is 18.8 Å². The van der Waals surface area contributed by atoms with Gasteiger partial charge in [0.1, 0.15) is 11.8 Å². The molecule has 4 rings (SSSR count). The topological polar surface area (TPSA) is 84.7 Å². The molecule has 26 heavy (non-hydrogen) atoms. The first-order chi connectivity index (χ1) is 12.7. The molecule has 1 N–H and O–H groups in total. The van der Waals surface area contributed by atoms with Crippen LogP contribution in [0.4, 0.5) is 0 Å². The third-order valence-corrected chi connectivity index (χ3v) is 4.82. The average molecular weight is 355 g/mol. The Hall–Kier alpha value is -2.83. The van der Waals surface area contributed by atoms with Gasteiger partial charge in [0.25, 0.3) is 5.91 Å². The molecule has 1 saturated carbocycles. The van der Waals surface area contributed by atoms with Gasteiger partial charge in [-0.1, -0.05) is 17.3 Å². The molecule has 1 aromatic heterocycles. The van der Waals surface area contributed by atoms with Crippen LogP contribution in [0.2, 0.25) is 0 Å². The molecular formula is C19H21N3O4. The van der Waals surface area contributed by atoms with Crippen molar-refractivity contribution in [3.05, 3.63) is 36.0 Å². The van der Waals surface area contributed by atoms with E-state index in [1.54, 1.807) is 18.1 Å². The highest BCUT2D eigenvalue weighted by molar-refractivity contribution is 5.97. The minimum Gasteiger partial charge on any atom is -0.497 e. The molecule has 1 aliphatic carbocycles. The quantitative estimate of drug-likeness (QED) is 0.889. The van der Waals surface area contributed by atoms with E-state index in [1.807, 2.05) is 24.3 Å². The van der Waals surface area contributed by atoms with Crippen LogP contribution in [0, 0.1) is 0 Å². The van der Waals surface area contributed by atoms with Crippen molar-refractivity contribution in [2.45, 2.75) is 37.8 Å². The number of nitrogens with one attached hydrogen (secondary N) is 1. The largest absolute Gasteiger partial charge is 0.497 e. The molecular weight excluding hydrogens is 334 g/mol. The van der Waals surface area contributed by atoms with Gasteiger partial charge in [-0.15, -0.1) is 0 Å². The Labute approximate surface area is 151 Å². The Kier molecular flexibility index (Phi) is 4.36. The first-order valence-corrected chi connectivity index (χ1v) is 8.88. The van der Waals surface area contributed by atoms with E-state index in [0.717, 1.165) is 24.8 Å².